The van der Waals surface area contributed by atoms with Crippen molar-refractivity contribution in [3.05, 3.63) is 30.9 Å². The minimum absolute atomic E-state index is 0.0165. The number of rotatable bonds is 5. The highest BCUT2D eigenvalue weighted by Crippen LogP contribution is 2.05. The smallest absolute Gasteiger partial charge is 0.243 e. The molecule has 0 aliphatic rings. The third-order valence-electron chi connectivity index (χ3n) is 2.15. The number of nitrogen functional groups attached to an aromatic ring is 1. The lowest BCUT2D eigenvalue weighted by Crippen LogP contribution is -2.27. The van der Waals surface area contributed by atoms with Gasteiger partial charge in [-0.3, -0.25) is 4.68 Å². The zero-order valence-electron chi connectivity index (χ0n) is 9.39. The SMILES string of the molecule is Nc1ncc(S(=O)(=O)NCCn2cccn2)cn1. The number of nitrogens with two attached hydrogens (primary N) is 1. The van der Waals surface area contributed by atoms with Gasteiger partial charge in [-0.05, 0) is 6.07 Å². The van der Waals surface area contributed by atoms with E-state index in [-0.39, 0.29) is 17.4 Å². The van der Waals surface area contributed by atoms with Crippen molar-refractivity contribution >= 4 is 16.0 Å². The molecule has 96 valence electrons. The van der Waals surface area contributed by atoms with Gasteiger partial charge in [0.25, 0.3) is 0 Å². The highest BCUT2D eigenvalue weighted by Gasteiger charge is 2.14. The Labute approximate surface area is 104 Å². The van der Waals surface area contributed by atoms with E-state index in [1.54, 1.807) is 23.1 Å². The lowest BCUT2D eigenvalue weighted by molar-refractivity contribution is 0.560. The van der Waals surface area contributed by atoms with Crippen LogP contribution in [-0.2, 0) is 16.6 Å². The second-order valence-corrected chi connectivity index (χ2v) is 5.21. The third kappa shape index (κ3) is 3.02. The molecule has 8 nitrogen and oxygen atoms in total. The molecule has 0 aromatic carbocycles. The summed E-state index contributed by atoms with van der Waals surface area (Å²) in [5.74, 6) is 0.0329. The maximum Gasteiger partial charge on any atom is 0.243 e. The van der Waals surface area contributed by atoms with Crippen molar-refractivity contribution in [3.63, 3.8) is 0 Å². The minimum atomic E-state index is -3.60. The highest BCUT2D eigenvalue weighted by molar-refractivity contribution is 7.89. The number of hydrogen-bond donors (Lipinski definition) is 2. The summed E-state index contributed by atoms with van der Waals surface area (Å²) in [5, 5.41) is 3.96. The Balaban J connectivity index is 1.97. The van der Waals surface area contributed by atoms with Gasteiger partial charge in [0.15, 0.2) is 0 Å². The fourth-order valence-corrected chi connectivity index (χ4v) is 2.19. The van der Waals surface area contributed by atoms with Crippen LogP contribution in [-0.4, -0.2) is 34.7 Å². The van der Waals surface area contributed by atoms with Crippen LogP contribution < -0.4 is 10.5 Å². The molecule has 0 aliphatic carbocycles. The van der Waals surface area contributed by atoms with Crippen LogP contribution in [0.3, 0.4) is 0 Å². The Bertz CT molecular complexity index is 592. The van der Waals surface area contributed by atoms with Gasteiger partial charge in [0.1, 0.15) is 4.90 Å². The normalized spacial score (nSPS) is 11.6. The molecule has 18 heavy (non-hydrogen) atoms. The molecule has 2 rings (SSSR count). The summed E-state index contributed by atoms with van der Waals surface area (Å²) < 4.78 is 27.7. The fourth-order valence-electron chi connectivity index (χ4n) is 1.28. The number of hydrogen-bond acceptors (Lipinski definition) is 6. The van der Waals surface area contributed by atoms with E-state index in [0.717, 1.165) is 0 Å². The van der Waals surface area contributed by atoms with Gasteiger partial charge in [0.05, 0.1) is 18.9 Å². The van der Waals surface area contributed by atoms with Crippen LogP contribution in [0.15, 0.2) is 35.7 Å². The van der Waals surface area contributed by atoms with Gasteiger partial charge in [-0.1, -0.05) is 0 Å². The quantitative estimate of drug-likeness (QED) is 0.736. The Morgan fingerprint density at radius 1 is 1.33 bits per heavy atom. The van der Waals surface area contributed by atoms with Crippen LogP contribution >= 0.6 is 0 Å². The summed E-state index contributed by atoms with van der Waals surface area (Å²) in [7, 11) is -3.60. The van der Waals surface area contributed by atoms with E-state index in [1.807, 2.05) is 0 Å². The van der Waals surface area contributed by atoms with Gasteiger partial charge in [0.2, 0.25) is 16.0 Å². The van der Waals surface area contributed by atoms with Crippen LogP contribution in [0.1, 0.15) is 0 Å². The maximum absolute atomic E-state index is 11.8. The van der Waals surface area contributed by atoms with Gasteiger partial charge >= 0.3 is 0 Å². The van der Waals surface area contributed by atoms with E-state index in [4.69, 9.17) is 5.73 Å². The Hall–Kier alpha value is -2.00. The minimum Gasteiger partial charge on any atom is -0.368 e. The molecule has 0 radical (unpaired) electrons. The van der Waals surface area contributed by atoms with E-state index in [0.29, 0.717) is 6.54 Å². The largest absolute Gasteiger partial charge is 0.368 e. The first-order valence-electron chi connectivity index (χ1n) is 5.12. The van der Waals surface area contributed by atoms with E-state index >= 15 is 0 Å². The predicted octanol–water partition coefficient (Wildman–Crippen LogP) is -0.766. The molecule has 0 bridgehead atoms. The summed E-state index contributed by atoms with van der Waals surface area (Å²) >= 11 is 0. The van der Waals surface area contributed by atoms with Gasteiger partial charge in [-0.2, -0.15) is 5.10 Å². The molecule has 0 fully saturated rings. The molecule has 0 spiro atoms. The number of nitrogens with one attached hydrogen (secondary N) is 1. The molecule has 9 heteroatoms. The second kappa shape index (κ2) is 5.10. The van der Waals surface area contributed by atoms with E-state index < -0.39 is 10.0 Å². The first kappa shape index (κ1) is 12.5. The van der Waals surface area contributed by atoms with Gasteiger partial charge in [0, 0.05) is 18.9 Å². The van der Waals surface area contributed by atoms with Gasteiger partial charge < -0.3 is 5.73 Å². The molecule has 0 unspecified atom stereocenters. The second-order valence-electron chi connectivity index (χ2n) is 3.44. The number of sulfonamides is 1. The predicted molar refractivity (Wildman–Crippen MR) is 63.9 cm³/mol. The average Bonchev–Trinajstić information content (AvgIpc) is 2.82. The van der Waals surface area contributed by atoms with Crippen molar-refractivity contribution in [2.24, 2.45) is 0 Å². The number of anilines is 1. The molecule has 2 aromatic rings. The first-order chi connectivity index (χ1) is 8.58. The van der Waals surface area contributed by atoms with Crippen LogP contribution in [0.2, 0.25) is 0 Å². The summed E-state index contributed by atoms with van der Waals surface area (Å²) in [4.78, 5) is 7.25. The first-order valence-corrected chi connectivity index (χ1v) is 6.61. The molecular formula is C9H12N6O2S. The zero-order chi connectivity index (χ0) is 13.0. The van der Waals surface area contributed by atoms with Crippen LogP contribution in [0.4, 0.5) is 5.95 Å². The molecule has 0 atom stereocenters. The van der Waals surface area contributed by atoms with Crippen molar-refractivity contribution in [2.45, 2.75) is 11.4 Å². The maximum atomic E-state index is 11.8. The molecule has 0 saturated heterocycles. The summed E-state index contributed by atoms with van der Waals surface area (Å²) in [5.41, 5.74) is 5.29. The fraction of sp³-hybridized carbons (Fsp3) is 0.222. The van der Waals surface area contributed by atoms with Crippen molar-refractivity contribution in [1.29, 1.82) is 0 Å². The van der Waals surface area contributed by atoms with Crippen molar-refractivity contribution in [2.75, 3.05) is 12.3 Å². The summed E-state index contributed by atoms with van der Waals surface area (Å²) in [6.07, 6.45) is 5.71. The Morgan fingerprint density at radius 3 is 2.67 bits per heavy atom. The average molecular weight is 268 g/mol. The van der Waals surface area contributed by atoms with Gasteiger partial charge in [-0.15, -0.1) is 0 Å². The lowest BCUT2D eigenvalue weighted by Gasteiger charge is -2.06. The molecule has 2 heterocycles. The molecule has 2 aromatic heterocycles. The van der Waals surface area contributed by atoms with E-state index in [9.17, 15) is 8.42 Å². The Kier molecular flexibility index (Phi) is 3.53. The Morgan fingerprint density at radius 2 is 2.06 bits per heavy atom. The van der Waals surface area contributed by atoms with Crippen molar-refractivity contribution < 1.29 is 8.42 Å². The zero-order valence-corrected chi connectivity index (χ0v) is 10.2. The van der Waals surface area contributed by atoms with Gasteiger partial charge in [-0.25, -0.2) is 23.1 Å². The van der Waals surface area contributed by atoms with Crippen LogP contribution in [0.25, 0.3) is 0 Å². The van der Waals surface area contributed by atoms with E-state index in [2.05, 4.69) is 19.8 Å². The monoisotopic (exact) mass is 268 g/mol. The highest BCUT2D eigenvalue weighted by atomic mass is 32.2. The molecule has 0 saturated carbocycles. The van der Waals surface area contributed by atoms with Crippen LogP contribution in [0, 0.1) is 0 Å². The lowest BCUT2D eigenvalue weighted by atomic mass is 10.6. The number of aromatic nitrogens is 4. The summed E-state index contributed by atoms with van der Waals surface area (Å²) in [6.45, 7) is 0.677. The third-order valence-corrected chi connectivity index (χ3v) is 3.57. The molecule has 0 aliphatic heterocycles. The molecule has 0 amide bonds. The van der Waals surface area contributed by atoms with E-state index in [1.165, 1.54) is 12.4 Å². The number of nitrogens with zero attached hydrogens (tertiary/aromatic N) is 4. The molecule has 3 N–H and O–H groups in total. The summed E-state index contributed by atoms with van der Waals surface area (Å²) in [6, 6.07) is 1.77. The van der Waals surface area contributed by atoms with Crippen molar-refractivity contribution in [3.8, 4) is 0 Å². The van der Waals surface area contributed by atoms with Crippen molar-refractivity contribution in [1.82, 2.24) is 24.5 Å². The topological polar surface area (TPSA) is 116 Å². The molecular weight excluding hydrogens is 256 g/mol. The van der Waals surface area contributed by atoms with Crippen LogP contribution in [0.5, 0.6) is 0 Å². The standard InChI is InChI=1S/C9H12N6O2S/c10-9-11-6-8(7-12-9)18(16,17)14-3-5-15-4-1-2-13-15/h1-2,4,6-7,14H,3,5H2,(H2,10,11,12).